The van der Waals surface area contributed by atoms with Crippen LogP contribution in [0.4, 0.5) is 19.1 Å². The lowest BCUT2D eigenvalue weighted by molar-refractivity contribution is -0.138. The van der Waals surface area contributed by atoms with Crippen LogP contribution in [0.1, 0.15) is 36.5 Å². The smallest absolute Gasteiger partial charge is 0.345 e. The molecule has 0 aromatic carbocycles. The van der Waals surface area contributed by atoms with Crippen molar-refractivity contribution in [2.45, 2.75) is 38.4 Å². The molecule has 11 heteroatoms. The molecule has 172 valence electrons. The normalized spacial score (nSPS) is 15.8. The predicted molar refractivity (Wildman–Crippen MR) is 117 cm³/mol. The summed E-state index contributed by atoms with van der Waals surface area (Å²) in [4.78, 5) is 26.1. The highest BCUT2D eigenvalue weighted by Gasteiger charge is 2.36. The number of halogens is 3. The van der Waals surface area contributed by atoms with Gasteiger partial charge in [-0.1, -0.05) is 0 Å². The van der Waals surface area contributed by atoms with E-state index in [4.69, 9.17) is 0 Å². The van der Waals surface area contributed by atoms with E-state index in [0.717, 1.165) is 50.4 Å². The summed E-state index contributed by atoms with van der Waals surface area (Å²) in [6.07, 6.45) is 5.33. The number of aromatic nitrogens is 5. The van der Waals surface area contributed by atoms with Gasteiger partial charge in [-0.2, -0.15) is 23.3 Å². The summed E-state index contributed by atoms with van der Waals surface area (Å²) < 4.78 is 40.1. The molecule has 1 fully saturated rings. The molecule has 2 N–H and O–H groups in total. The number of aromatic amines is 1. The first-order valence-corrected chi connectivity index (χ1v) is 10.8. The van der Waals surface area contributed by atoms with Crippen LogP contribution in [-0.2, 0) is 0 Å². The SMILES string of the molecule is C[C@@H](Nc1ncc2c(-c3ccn4ncc(C(=O)N5CCCCC5)c4c3)c[nH]c2n1)C(F)(F)F. The summed E-state index contributed by atoms with van der Waals surface area (Å²) in [6.45, 7) is 2.51. The van der Waals surface area contributed by atoms with E-state index in [1.54, 1.807) is 23.1 Å². The van der Waals surface area contributed by atoms with Gasteiger partial charge in [0, 0.05) is 42.6 Å². The monoisotopic (exact) mass is 457 g/mol. The Labute approximate surface area is 186 Å². The molecule has 0 saturated carbocycles. The summed E-state index contributed by atoms with van der Waals surface area (Å²) in [7, 11) is 0. The number of fused-ring (bicyclic) bond motifs is 2. The molecular weight excluding hydrogens is 435 g/mol. The number of nitrogens with zero attached hydrogens (tertiary/aromatic N) is 5. The molecular formula is C22H22F3N7O. The molecule has 5 heterocycles. The zero-order valence-corrected chi connectivity index (χ0v) is 17.9. The van der Waals surface area contributed by atoms with Crippen molar-refractivity contribution in [2.75, 3.05) is 18.4 Å². The fraction of sp³-hybridized carbons (Fsp3) is 0.364. The van der Waals surface area contributed by atoms with Crippen LogP contribution in [0.5, 0.6) is 0 Å². The second-order valence-corrected chi connectivity index (χ2v) is 8.22. The Morgan fingerprint density at radius 3 is 2.76 bits per heavy atom. The van der Waals surface area contributed by atoms with E-state index in [2.05, 4.69) is 25.4 Å². The van der Waals surface area contributed by atoms with Gasteiger partial charge in [-0.15, -0.1) is 0 Å². The molecule has 8 nitrogen and oxygen atoms in total. The Hall–Kier alpha value is -3.63. The standard InChI is InChI=1S/C22H22F3N7O/c1-13(22(23,24)25)29-21-27-11-16-15(10-26-19(16)30-21)14-5-8-32-18(9-14)17(12-28-32)20(33)31-6-3-2-4-7-31/h5,8-13H,2-4,6-7H2,1H3,(H2,26,27,29,30)/t13-/m1/s1. The van der Waals surface area contributed by atoms with Crippen LogP contribution in [0.3, 0.4) is 0 Å². The maximum absolute atomic E-state index is 13.0. The molecule has 0 bridgehead atoms. The van der Waals surface area contributed by atoms with E-state index in [0.29, 0.717) is 22.1 Å². The van der Waals surface area contributed by atoms with Gasteiger partial charge < -0.3 is 15.2 Å². The highest BCUT2D eigenvalue weighted by molar-refractivity contribution is 6.02. The first kappa shape index (κ1) is 21.2. The number of rotatable bonds is 4. The van der Waals surface area contributed by atoms with Gasteiger partial charge >= 0.3 is 6.18 Å². The van der Waals surface area contributed by atoms with Crippen LogP contribution < -0.4 is 5.32 Å². The van der Waals surface area contributed by atoms with Crippen LogP contribution in [-0.4, -0.2) is 60.7 Å². The van der Waals surface area contributed by atoms with Crippen molar-refractivity contribution in [3.8, 4) is 11.1 Å². The van der Waals surface area contributed by atoms with Crippen molar-refractivity contribution in [3.63, 3.8) is 0 Å². The molecule has 0 radical (unpaired) electrons. The lowest BCUT2D eigenvalue weighted by Crippen LogP contribution is -2.35. The Morgan fingerprint density at radius 1 is 1.21 bits per heavy atom. The highest BCUT2D eigenvalue weighted by Crippen LogP contribution is 2.30. The summed E-state index contributed by atoms with van der Waals surface area (Å²) >= 11 is 0. The van der Waals surface area contributed by atoms with Crippen molar-refractivity contribution >= 4 is 28.4 Å². The van der Waals surface area contributed by atoms with Crippen molar-refractivity contribution in [3.05, 3.63) is 42.5 Å². The largest absolute Gasteiger partial charge is 0.408 e. The van der Waals surface area contributed by atoms with Crippen LogP contribution in [0.2, 0.25) is 0 Å². The molecule has 5 rings (SSSR count). The van der Waals surface area contributed by atoms with Crippen molar-refractivity contribution < 1.29 is 18.0 Å². The van der Waals surface area contributed by atoms with Crippen LogP contribution in [0.15, 0.2) is 36.9 Å². The van der Waals surface area contributed by atoms with E-state index in [1.807, 2.05) is 17.0 Å². The lowest BCUT2D eigenvalue weighted by atomic mass is 10.1. The number of carbonyl (C=O) groups excluding carboxylic acids is 1. The first-order valence-electron chi connectivity index (χ1n) is 10.8. The number of nitrogens with one attached hydrogen (secondary N) is 2. The number of amides is 1. The fourth-order valence-electron chi connectivity index (χ4n) is 4.07. The van der Waals surface area contributed by atoms with Crippen LogP contribution in [0, 0.1) is 0 Å². The average Bonchev–Trinajstić information content (AvgIpc) is 3.42. The van der Waals surface area contributed by atoms with Gasteiger partial charge in [-0.3, -0.25) is 4.79 Å². The average molecular weight is 457 g/mol. The summed E-state index contributed by atoms with van der Waals surface area (Å²) in [6, 6.07) is 1.96. The van der Waals surface area contributed by atoms with E-state index in [-0.39, 0.29) is 11.9 Å². The third-order valence-corrected chi connectivity index (χ3v) is 5.97. The molecule has 1 aliphatic heterocycles. The quantitative estimate of drug-likeness (QED) is 0.478. The Kier molecular flexibility index (Phi) is 5.18. The van der Waals surface area contributed by atoms with Gasteiger partial charge in [0.05, 0.1) is 17.3 Å². The zero-order chi connectivity index (χ0) is 23.2. The molecule has 0 spiro atoms. The number of alkyl halides is 3. The van der Waals surface area contributed by atoms with Gasteiger partial charge in [0.25, 0.3) is 5.91 Å². The number of anilines is 1. The number of piperidine rings is 1. The van der Waals surface area contributed by atoms with Gasteiger partial charge in [-0.05, 0) is 43.9 Å². The lowest BCUT2D eigenvalue weighted by Gasteiger charge is -2.26. The molecule has 4 aromatic rings. The zero-order valence-electron chi connectivity index (χ0n) is 17.9. The van der Waals surface area contributed by atoms with Crippen molar-refractivity contribution in [1.82, 2.24) is 29.5 Å². The topological polar surface area (TPSA) is 91.2 Å². The fourth-order valence-corrected chi connectivity index (χ4v) is 4.07. The maximum Gasteiger partial charge on any atom is 0.408 e. The second kappa shape index (κ2) is 8.05. The predicted octanol–water partition coefficient (Wildman–Crippen LogP) is 4.26. The van der Waals surface area contributed by atoms with E-state index in [1.165, 1.54) is 6.20 Å². The van der Waals surface area contributed by atoms with Crippen LogP contribution >= 0.6 is 0 Å². The third kappa shape index (κ3) is 3.98. The Bertz CT molecular complexity index is 1320. The van der Waals surface area contributed by atoms with E-state index >= 15 is 0 Å². The maximum atomic E-state index is 13.0. The highest BCUT2D eigenvalue weighted by atomic mass is 19.4. The molecule has 4 aromatic heterocycles. The summed E-state index contributed by atoms with van der Waals surface area (Å²) in [5, 5.41) is 7.25. The molecule has 1 amide bonds. The number of hydrogen-bond acceptors (Lipinski definition) is 5. The van der Waals surface area contributed by atoms with Crippen molar-refractivity contribution in [2.24, 2.45) is 0 Å². The van der Waals surface area contributed by atoms with Gasteiger partial charge in [0.15, 0.2) is 0 Å². The Morgan fingerprint density at radius 2 is 2.00 bits per heavy atom. The number of hydrogen-bond donors (Lipinski definition) is 2. The second-order valence-electron chi connectivity index (χ2n) is 8.22. The molecule has 1 aliphatic rings. The number of likely N-dealkylation sites (tertiary alicyclic amines) is 1. The van der Waals surface area contributed by atoms with Gasteiger partial charge in [0.2, 0.25) is 5.95 Å². The van der Waals surface area contributed by atoms with Gasteiger partial charge in [0.1, 0.15) is 11.7 Å². The molecule has 33 heavy (non-hydrogen) atoms. The molecule has 1 atom stereocenters. The van der Waals surface area contributed by atoms with Gasteiger partial charge in [-0.25, -0.2) is 9.50 Å². The minimum absolute atomic E-state index is 0.0291. The summed E-state index contributed by atoms with van der Waals surface area (Å²) in [5.74, 6) is -0.139. The number of carbonyl (C=O) groups is 1. The first-order chi connectivity index (χ1) is 15.8. The van der Waals surface area contributed by atoms with Crippen molar-refractivity contribution in [1.29, 1.82) is 0 Å². The third-order valence-electron chi connectivity index (χ3n) is 5.97. The molecule has 1 saturated heterocycles. The molecule has 0 aliphatic carbocycles. The molecule has 0 unspecified atom stereocenters. The number of H-pyrrole nitrogens is 1. The minimum atomic E-state index is -4.40. The summed E-state index contributed by atoms with van der Waals surface area (Å²) in [5.41, 5.74) is 3.24. The van der Waals surface area contributed by atoms with Crippen LogP contribution in [0.25, 0.3) is 27.7 Å². The minimum Gasteiger partial charge on any atom is -0.345 e. The number of pyridine rings is 1. The Balaban J connectivity index is 1.47. The van der Waals surface area contributed by atoms with E-state index < -0.39 is 12.2 Å². The van der Waals surface area contributed by atoms with E-state index in [9.17, 15) is 18.0 Å².